The van der Waals surface area contributed by atoms with Crippen LogP contribution in [0.1, 0.15) is 49.8 Å². The zero-order valence-corrected chi connectivity index (χ0v) is 21.9. The monoisotopic (exact) mass is 510 g/mol. The average Bonchev–Trinajstić information content (AvgIpc) is 2.80. The molecule has 0 saturated heterocycles. The number of hydrogen-bond donors (Lipinski definition) is 4. The van der Waals surface area contributed by atoms with Gasteiger partial charge in [-0.3, -0.25) is 4.72 Å². The number of rotatable bonds is 16. The Hall–Kier alpha value is -1.78. The van der Waals surface area contributed by atoms with Crippen LogP contribution >= 0.6 is 11.8 Å². The van der Waals surface area contributed by atoms with Gasteiger partial charge in [-0.2, -0.15) is 0 Å². The topological polar surface area (TPSA) is 108 Å². The van der Waals surface area contributed by atoms with Gasteiger partial charge in [-0.05, 0) is 67.8 Å². The van der Waals surface area contributed by atoms with E-state index in [0.717, 1.165) is 51.6 Å². The first-order valence-electron chi connectivity index (χ1n) is 11.6. The van der Waals surface area contributed by atoms with Gasteiger partial charge in [0.05, 0.1) is 24.7 Å². The molecule has 2 rings (SSSR count). The highest BCUT2D eigenvalue weighted by atomic mass is 32.2. The summed E-state index contributed by atoms with van der Waals surface area (Å²) in [4.78, 5) is 1.28. The van der Waals surface area contributed by atoms with Crippen molar-refractivity contribution in [1.29, 1.82) is 0 Å². The van der Waals surface area contributed by atoms with E-state index in [9.17, 15) is 18.6 Å². The van der Waals surface area contributed by atoms with Crippen molar-refractivity contribution in [2.45, 2.75) is 56.1 Å². The molecule has 9 heteroatoms. The van der Waals surface area contributed by atoms with Crippen LogP contribution in [0.4, 0.5) is 5.69 Å². The van der Waals surface area contributed by atoms with E-state index in [1.54, 1.807) is 17.8 Å². The SMILES string of the molecule is CSc1ccc(CCOCCCCCC(C)NCC(O)c2ccc(NS(C)(=O)=O)c(O)c2)cc1. The summed E-state index contributed by atoms with van der Waals surface area (Å²) in [6.07, 6.45) is 7.44. The second kappa shape index (κ2) is 14.6. The summed E-state index contributed by atoms with van der Waals surface area (Å²) in [6, 6.07) is 13.3. The van der Waals surface area contributed by atoms with Crippen LogP contribution in [0.3, 0.4) is 0 Å². The molecule has 34 heavy (non-hydrogen) atoms. The van der Waals surface area contributed by atoms with Crippen LogP contribution < -0.4 is 10.0 Å². The number of aliphatic hydroxyl groups is 1. The Morgan fingerprint density at radius 2 is 1.79 bits per heavy atom. The van der Waals surface area contributed by atoms with E-state index in [2.05, 4.69) is 47.5 Å². The third-order valence-corrected chi connectivity index (χ3v) is 6.82. The summed E-state index contributed by atoms with van der Waals surface area (Å²) in [5.74, 6) is -0.217. The summed E-state index contributed by atoms with van der Waals surface area (Å²) in [6.45, 7) is 3.95. The summed E-state index contributed by atoms with van der Waals surface area (Å²) >= 11 is 1.75. The number of thioether (sulfide) groups is 1. The van der Waals surface area contributed by atoms with Gasteiger partial charge in [0.25, 0.3) is 0 Å². The molecule has 0 heterocycles. The van der Waals surface area contributed by atoms with Gasteiger partial charge in [0.15, 0.2) is 0 Å². The maximum atomic E-state index is 11.3. The van der Waals surface area contributed by atoms with E-state index in [4.69, 9.17) is 4.74 Å². The third-order valence-electron chi connectivity index (χ3n) is 5.48. The maximum Gasteiger partial charge on any atom is 0.229 e. The first-order chi connectivity index (χ1) is 16.2. The molecule has 0 amide bonds. The highest BCUT2D eigenvalue weighted by Crippen LogP contribution is 2.27. The van der Waals surface area contributed by atoms with Crippen LogP contribution in [0, 0.1) is 0 Å². The van der Waals surface area contributed by atoms with Crippen molar-refractivity contribution in [1.82, 2.24) is 5.32 Å². The molecule has 2 unspecified atom stereocenters. The molecule has 7 nitrogen and oxygen atoms in total. The average molecular weight is 511 g/mol. The molecule has 2 aromatic rings. The molecule has 4 N–H and O–H groups in total. The molecule has 2 atom stereocenters. The molecule has 2 aromatic carbocycles. The molecular formula is C25H38N2O5S2. The van der Waals surface area contributed by atoms with Crippen LogP contribution in [0.2, 0.25) is 0 Å². The fourth-order valence-electron chi connectivity index (χ4n) is 3.49. The highest BCUT2D eigenvalue weighted by molar-refractivity contribution is 7.98. The lowest BCUT2D eigenvalue weighted by molar-refractivity contribution is 0.132. The zero-order chi connectivity index (χ0) is 25.0. The first-order valence-corrected chi connectivity index (χ1v) is 14.7. The second-order valence-electron chi connectivity index (χ2n) is 8.54. The van der Waals surface area contributed by atoms with Crippen molar-refractivity contribution in [3.63, 3.8) is 0 Å². The van der Waals surface area contributed by atoms with Crippen LogP contribution in [0.5, 0.6) is 5.75 Å². The van der Waals surface area contributed by atoms with Gasteiger partial charge in [-0.25, -0.2) is 8.42 Å². The Morgan fingerprint density at radius 3 is 2.44 bits per heavy atom. The summed E-state index contributed by atoms with van der Waals surface area (Å²) in [7, 11) is -3.48. The summed E-state index contributed by atoms with van der Waals surface area (Å²) in [5.41, 5.74) is 1.92. The fourth-order valence-corrected chi connectivity index (χ4v) is 4.47. The number of benzene rings is 2. The number of unbranched alkanes of at least 4 members (excludes halogenated alkanes) is 2. The van der Waals surface area contributed by atoms with E-state index >= 15 is 0 Å². The molecule has 0 aliphatic carbocycles. The zero-order valence-electron chi connectivity index (χ0n) is 20.3. The van der Waals surface area contributed by atoms with E-state index in [0.29, 0.717) is 12.1 Å². The molecule has 0 aromatic heterocycles. The Kier molecular flexibility index (Phi) is 12.2. The van der Waals surface area contributed by atoms with Crippen molar-refractivity contribution < 1.29 is 23.4 Å². The highest BCUT2D eigenvalue weighted by Gasteiger charge is 2.13. The minimum absolute atomic E-state index is 0.0913. The normalized spacial score (nSPS) is 13.5. The van der Waals surface area contributed by atoms with Gasteiger partial charge in [0, 0.05) is 24.1 Å². The van der Waals surface area contributed by atoms with Crippen LogP contribution in [-0.2, 0) is 21.2 Å². The predicted octanol–water partition coefficient (Wildman–Crippen LogP) is 4.32. The second-order valence-corrected chi connectivity index (χ2v) is 11.2. The predicted molar refractivity (Wildman–Crippen MR) is 140 cm³/mol. The molecule has 0 bridgehead atoms. The van der Waals surface area contributed by atoms with Gasteiger partial charge in [-0.1, -0.05) is 31.0 Å². The number of nitrogens with one attached hydrogen (secondary N) is 2. The lowest BCUT2D eigenvalue weighted by Gasteiger charge is -2.18. The molecule has 190 valence electrons. The van der Waals surface area contributed by atoms with Gasteiger partial charge in [0.1, 0.15) is 5.75 Å². The minimum atomic E-state index is -3.48. The van der Waals surface area contributed by atoms with E-state index in [1.807, 2.05) is 0 Å². The van der Waals surface area contributed by atoms with Crippen LogP contribution in [0.15, 0.2) is 47.4 Å². The fraction of sp³-hybridized carbons (Fsp3) is 0.520. The van der Waals surface area contributed by atoms with E-state index < -0.39 is 16.1 Å². The van der Waals surface area contributed by atoms with Gasteiger partial charge >= 0.3 is 0 Å². The van der Waals surface area contributed by atoms with Crippen molar-refractivity contribution in [2.75, 3.05) is 37.0 Å². The lowest BCUT2D eigenvalue weighted by atomic mass is 10.1. The van der Waals surface area contributed by atoms with Crippen molar-refractivity contribution >= 4 is 27.5 Å². The Labute approximate surface area is 208 Å². The number of sulfonamides is 1. The minimum Gasteiger partial charge on any atom is -0.506 e. The molecule has 0 fully saturated rings. The number of phenols is 1. The van der Waals surface area contributed by atoms with Crippen LogP contribution in [-0.4, -0.2) is 56.9 Å². The first kappa shape index (κ1) is 28.5. The number of anilines is 1. The van der Waals surface area contributed by atoms with E-state index in [-0.39, 0.29) is 17.5 Å². The molecular weight excluding hydrogens is 472 g/mol. The third kappa shape index (κ3) is 11.1. The Bertz CT molecular complexity index is 968. The molecule has 0 saturated carbocycles. The molecule has 0 radical (unpaired) electrons. The molecule has 0 spiro atoms. The van der Waals surface area contributed by atoms with Crippen molar-refractivity contribution in [2.24, 2.45) is 0 Å². The molecule has 0 aliphatic rings. The largest absolute Gasteiger partial charge is 0.506 e. The summed E-state index contributed by atoms with van der Waals surface area (Å²) < 4.78 is 30.6. The van der Waals surface area contributed by atoms with Crippen LogP contribution in [0.25, 0.3) is 0 Å². The number of hydrogen-bond acceptors (Lipinski definition) is 7. The number of phenolic OH excluding ortho intramolecular Hbond substituents is 1. The maximum absolute atomic E-state index is 11.3. The standard InChI is InChI=1S/C25H38N2O5S2/c1-19(7-5-4-6-15-32-16-14-20-8-11-22(33-2)12-9-20)26-18-25(29)21-10-13-23(24(28)17-21)27-34(3,30)31/h8-13,17,19,25-29H,4-7,14-16,18H2,1-3H3. The number of aliphatic hydroxyl groups excluding tert-OH is 1. The van der Waals surface area contributed by atoms with Crippen molar-refractivity contribution in [3.8, 4) is 5.75 Å². The summed E-state index contributed by atoms with van der Waals surface area (Å²) in [5, 5.41) is 23.7. The lowest BCUT2D eigenvalue weighted by Crippen LogP contribution is -2.30. The van der Waals surface area contributed by atoms with Crippen molar-refractivity contribution in [3.05, 3.63) is 53.6 Å². The smallest absolute Gasteiger partial charge is 0.229 e. The van der Waals surface area contributed by atoms with Gasteiger partial charge in [0.2, 0.25) is 10.0 Å². The van der Waals surface area contributed by atoms with Gasteiger partial charge in [-0.15, -0.1) is 11.8 Å². The molecule has 0 aliphatic heterocycles. The number of aromatic hydroxyl groups is 1. The Morgan fingerprint density at radius 1 is 1.06 bits per heavy atom. The Balaban J connectivity index is 1.55. The number of ether oxygens (including phenoxy) is 1. The van der Waals surface area contributed by atoms with E-state index in [1.165, 1.54) is 22.6 Å². The quantitative estimate of drug-likeness (QED) is 0.151. The van der Waals surface area contributed by atoms with Gasteiger partial charge < -0.3 is 20.3 Å².